The first-order valence-electron chi connectivity index (χ1n) is 7.34. The number of aromatic nitrogens is 3. The van der Waals surface area contributed by atoms with Gasteiger partial charge in [-0.25, -0.2) is 14.4 Å². The van der Waals surface area contributed by atoms with Gasteiger partial charge >= 0.3 is 0 Å². The predicted octanol–water partition coefficient (Wildman–Crippen LogP) is 2.76. The topological polar surface area (TPSA) is 53.7 Å². The van der Waals surface area contributed by atoms with Crippen LogP contribution in [0.1, 0.15) is 6.42 Å². The van der Waals surface area contributed by atoms with E-state index >= 15 is 0 Å². The van der Waals surface area contributed by atoms with E-state index in [1.54, 1.807) is 24.5 Å². The first-order chi connectivity index (χ1) is 11.1. The van der Waals surface area contributed by atoms with Gasteiger partial charge in [0.15, 0.2) is 11.5 Å². The molecule has 0 saturated carbocycles. The van der Waals surface area contributed by atoms with Crippen LogP contribution in [-0.4, -0.2) is 38.7 Å². The largest absolute Gasteiger partial charge is 0.391 e. The summed E-state index contributed by atoms with van der Waals surface area (Å²) in [5.41, 5.74) is 2.30. The van der Waals surface area contributed by atoms with Crippen molar-refractivity contribution in [2.75, 3.05) is 18.0 Å². The average Bonchev–Trinajstić information content (AvgIpc) is 3.16. The predicted molar refractivity (Wildman–Crippen MR) is 86.2 cm³/mol. The molecule has 118 valence electrons. The van der Waals surface area contributed by atoms with Gasteiger partial charge in [0.25, 0.3) is 0 Å². The summed E-state index contributed by atoms with van der Waals surface area (Å²) < 4.78 is 15.3. The molecule has 1 unspecified atom stereocenters. The zero-order valence-corrected chi connectivity index (χ0v) is 12.9. The molecule has 1 saturated heterocycles. The minimum atomic E-state index is -0.447. The molecule has 1 fully saturated rings. The van der Waals surface area contributed by atoms with E-state index in [4.69, 9.17) is 11.6 Å². The second-order valence-corrected chi connectivity index (χ2v) is 6.01. The van der Waals surface area contributed by atoms with Gasteiger partial charge in [-0.05, 0) is 24.6 Å². The summed E-state index contributed by atoms with van der Waals surface area (Å²) in [5, 5.41) is 9.80. The summed E-state index contributed by atoms with van der Waals surface area (Å²) in [6.45, 7) is 1.30. The Hall–Kier alpha value is -2.18. The van der Waals surface area contributed by atoms with Gasteiger partial charge in [0.05, 0.1) is 23.0 Å². The Morgan fingerprint density at radius 2 is 2.17 bits per heavy atom. The summed E-state index contributed by atoms with van der Waals surface area (Å²) in [6, 6.07) is 4.60. The van der Waals surface area contributed by atoms with Crippen molar-refractivity contribution in [3.8, 4) is 11.3 Å². The summed E-state index contributed by atoms with van der Waals surface area (Å²) in [6.07, 6.45) is 5.62. The van der Waals surface area contributed by atoms with E-state index in [9.17, 15) is 9.50 Å². The molecule has 1 N–H and O–H groups in total. The van der Waals surface area contributed by atoms with E-state index < -0.39 is 5.82 Å². The highest BCUT2D eigenvalue weighted by Crippen LogP contribution is 2.29. The summed E-state index contributed by atoms with van der Waals surface area (Å²) in [4.78, 5) is 10.9. The number of β-amino-alcohol motifs (C(OH)–C–C–N with tert-alkyl or cyclic N) is 1. The molecule has 0 aliphatic carbocycles. The van der Waals surface area contributed by atoms with Gasteiger partial charge in [-0.2, -0.15) is 0 Å². The molecule has 5 nitrogen and oxygen atoms in total. The second kappa shape index (κ2) is 5.47. The van der Waals surface area contributed by atoms with Gasteiger partial charge in [0.2, 0.25) is 0 Å². The first kappa shape index (κ1) is 14.4. The Kier molecular flexibility index (Phi) is 3.43. The fraction of sp³-hybridized carbons (Fsp3) is 0.250. The standard InChI is InChI=1S/C16H14ClFN4O/c17-12-7-10(1-2-13(12)18)14-8-20-16-15(19-4-6-22(14)16)21-5-3-11(23)9-21/h1-2,4,6-8,11,23H,3,5,9H2. The molecule has 7 heteroatoms. The number of aliphatic hydroxyl groups is 1. The fourth-order valence-corrected chi connectivity index (χ4v) is 3.11. The SMILES string of the molecule is OC1CCN(c2nccn3c(-c4ccc(F)c(Cl)c4)cnc23)C1. The maximum atomic E-state index is 13.4. The number of aliphatic hydroxyl groups excluding tert-OH is 1. The molecule has 1 aromatic carbocycles. The monoisotopic (exact) mass is 332 g/mol. The van der Waals surface area contributed by atoms with E-state index in [1.165, 1.54) is 6.07 Å². The smallest absolute Gasteiger partial charge is 0.180 e. The van der Waals surface area contributed by atoms with Crippen molar-refractivity contribution in [1.82, 2.24) is 14.4 Å². The highest BCUT2D eigenvalue weighted by Gasteiger charge is 2.24. The van der Waals surface area contributed by atoms with Crippen LogP contribution >= 0.6 is 11.6 Å². The Balaban J connectivity index is 1.82. The van der Waals surface area contributed by atoms with Gasteiger partial charge in [0, 0.05) is 31.0 Å². The Morgan fingerprint density at radius 1 is 1.30 bits per heavy atom. The molecule has 1 aliphatic heterocycles. The number of nitrogens with zero attached hydrogens (tertiary/aromatic N) is 4. The lowest BCUT2D eigenvalue weighted by Crippen LogP contribution is -2.23. The zero-order valence-electron chi connectivity index (χ0n) is 12.2. The number of rotatable bonds is 2. The molecule has 0 spiro atoms. The molecule has 3 aromatic rings. The fourth-order valence-electron chi connectivity index (χ4n) is 2.93. The lowest BCUT2D eigenvalue weighted by molar-refractivity contribution is 0.198. The lowest BCUT2D eigenvalue weighted by atomic mass is 10.1. The third-order valence-electron chi connectivity index (χ3n) is 4.09. The molecule has 2 aromatic heterocycles. The molecule has 4 rings (SSSR count). The molecule has 1 aliphatic rings. The zero-order chi connectivity index (χ0) is 16.0. The van der Waals surface area contributed by atoms with E-state index in [0.29, 0.717) is 12.2 Å². The lowest BCUT2D eigenvalue weighted by Gasteiger charge is -2.17. The number of halogens is 2. The molecule has 0 bridgehead atoms. The van der Waals surface area contributed by atoms with Crippen LogP contribution in [0.4, 0.5) is 10.2 Å². The first-order valence-corrected chi connectivity index (χ1v) is 7.72. The normalized spacial score (nSPS) is 18.0. The molecule has 23 heavy (non-hydrogen) atoms. The summed E-state index contributed by atoms with van der Waals surface area (Å²) >= 11 is 5.88. The highest BCUT2D eigenvalue weighted by molar-refractivity contribution is 6.31. The van der Waals surface area contributed by atoms with Crippen molar-refractivity contribution in [2.45, 2.75) is 12.5 Å². The third kappa shape index (κ3) is 2.44. The van der Waals surface area contributed by atoms with Crippen LogP contribution in [0, 0.1) is 5.82 Å². The second-order valence-electron chi connectivity index (χ2n) is 5.61. The number of fused-ring (bicyclic) bond motifs is 1. The van der Waals surface area contributed by atoms with E-state index in [-0.39, 0.29) is 11.1 Å². The molecular weight excluding hydrogens is 319 g/mol. The van der Waals surface area contributed by atoms with Crippen LogP contribution in [0.5, 0.6) is 0 Å². The number of hydrogen-bond acceptors (Lipinski definition) is 4. The number of anilines is 1. The van der Waals surface area contributed by atoms with Crippen molar-refractivity contribution in [2.24, 2.45) is 0 Å². The van der Waals surface area contributed by atoms with Crippen molar-refractivity contribution in [3.05, 3.63) is 47.6 Å². The summed E-state index contributed by atoms with van der Waals surface area (Å²) in [7, 11) is 0. The highest BCUT2D eigenvalue weighted by atomic mass is 35.5. The van der Waals surface area contributed by atoms with Crippen LogP contribution in [-0.2, 0) is 0 Å². The maximum absolute atomic E-state index is 13.4. The van der Waals surface area contributed by atoms with Crippen LogP contribution < -0.4 is 4.90 Å². The Bertz CT molecular complexity index is 882. The van der Waals surface area contributed by atoms with Gasteiger partial charge in [0.1, 0.15) is 5.82 Å². The van der Waals surface area contributed by atoms with Gasteiger partial charge in [-0.1, -0.05) is 11.6 Å². The van der Waals surface area contributed by atoms with Crippen molar-refractivity contribution < 1.29 is 9.50 Å². The molecule has 0 amide bonds. The van der Waals surface area contributed by atoms with Crippen molar-refractivity contribution >= 4 is 23.1 Å². The van der Waals surface area contributed by atoms with Crippen LogP contribution in [0.2, 0.25) is 5.02 Å². The minimum Gasteiger partial charge on any atom is -0.391 e. The van der Waals surface area contributed by atoms with Gasteiger partial charge in [-0.15, -0.1) is 0 Å². The quantitative estimate of drug-likeness (QED) is 0.784. The number of benzene rings is 1. The van der Waals surface area contributed by atoms with E-state index in [0.717, 1.165) is 30.0 Å². The molecule has 0 radical (unpaired) electrons. The van der Waals surface area contributed by atoms with Gasteiger partial charge in [-0.3, -0.25) is 4.40 Å². The van der Waals surface area contributed by atoms with E-state index in [1.807, 2.05) is 15.5 Å². The molecule has 3 heterocycles. The number of hydrogen-bond donors (Lipinski definition) is 1. The molecular formula is C16H14ClFN4O. The third-order valence-corrected chi connectivity index (χ3v) is 4.38. The van der Waals surface area contributed by atoms with Crippen LogP contribution in [0.15, 0.2) is 36.8 Å². The maximum Gasteiger partial charge on any atom is 0.180 e. The van der Waals surface area contributed by atoms with E-state index in [2.05, 4.69) is 9.97 Å². The van der Waals surface area contributed by atoms with Crippen molar-refractivity contribution in [1.29, 1.82) is 0 Å². The van der Waals surface area contributed by atoms with Crippen LogP contribution in [0.25, 0.3) is 16.9 Å². The Labute approximate surface area is 137 Å². The number of imidazole rings is 1. The average molecular weight is 333 g/mol. The van der Waals surface area contributed by atoms with Gasteiger partial charge < -0.3 is 10.0 Å². The Morgan fingerprint density at radius 3 is 2.91 bits per heavy atom. The molecule has 1 atom stereocenters. The van der Waals surface area contributed by atoms with Crippen molar-refractivity contribution in [3.63, 3.8) is 0 Å². The van der Waals surface area contributed by atoms with Crippen LogP contribution in [0.3, 0.4) is 0 Å². The summed E-state index contributed by atoms with van der Waals surface area (Å²) in [5.74, 6) is 0.293. The minimum absolute atomic E-state index is 0.0781.